The zero-order chi connectivity index (χ0) is 11.4. The van der Waals surface area contributed by atoms with Crippen LogP contribution >= 0.6 is 11.6 Å². The van der Waals surface area contributed by atoms with Gasteiger partial charge >= 0.3 is 0 Å². The van der Waals surface area contributed by atoms with Crippen LogP contribution in [0.15, 0.2) is 24.3 Å². The van der Waals surface area contributed by atoms with Crippen LogP contribution in [0.3, 0.4) is 0 Å². The molecule has 0 radical (unpaired) electrons. The van der Waals surface area contributed by atoms with Crippen molar-refractivity contribution in [2.24, 2.45) is 0 Å². The third kappa shape index (κ3) is 2.70. The fourth-order valence-electron chi connectivity index (χ4n) is 2.63. The minimum absolute atomic E-state index is 0.720. The van der Waals surface area contributed by atoms with E-state index in [1.165, 1.54) is 44.3 Å². The van der Waals surface area contributed by atoms with Crippen LogP contribution in [0.2, 0.25) is 5.02 Å². The lowest BCUT2D eigenvalue weighted by atomic mass is 9.97. The van der Waals surface area contributed by atoms with Gasteiger partial charge in [-0.2, -0.15) is 0 Å². The summed E-state index contributed by atoms with van der Waals surface area (Å²) in [5.41, 5.74) is 1.30. The van der Waals surface area contributed by atoms with Gasteiger partial charge in [0.25, 0.3) is 0 Å². The zero-order valence-corrected chi connectivity index (χ0v) is 10.7. The van der Waals surface area contributed by atoms with E-state index in [1.807, 2.05) is 6.07 Å². The van der Waals surface area contributed by atoms with Crippen molar-refractivity contribution < 1.29 is 0 Å². The Kier molecular flexibility index (Phi) is 4.11. The smallest absolute Gasteiger partial charge is 0.0426 e. The number of rotatable bonds is 3. The van der Waals surface area contributed by atoms with E-state index in [4.69, 9.17) is 11.6 Å². The lowest BCUT2D eigenvalue weighted by Crippen LogP contribution is -2.39. The maximum Gasteiger partial charge on any atom is 0.0426 e. The lowest BCUT2D eigenvalue weighted by Gasteiger charge is -2.37. The van der Waals surface area contributed by atoms with Crippen LogP contribution in [0.1, 0.15) is 39.0 Å². The number of nitrogens with zero attached hydrogens (tertiary/aromatic N) is 1. The molecule has 2 rings (SSSR count). The first kappa shape index (κ1) is 11.8. The summed E-state index contributed by atoms with van der Waals surface area (Å²) in [5.74, 6) is 0. The Morgan fingerprint density at radius 3 is 3.00 bits per heavy atom. The second kappa shape index (κ2) is 5.58. The topological polar surface area (TPSA) is 3.24 Å². The standard InChI is InChI=1S/C14H20ClN/c1-2-6-13-8-3-4-10-16(13)14-9-5-7-12(15)11-14/h5,7,9,11,13H,2-4,6,8,10H2,1H3/t13-/m1/s1. The summed E-state index contributed by atoms with van der Waals surface area (Å²) in [7, 11) is 0. The molecule has 0 saturated carbocycles. The van der Waals surface area contributed by atoms with Gasteiger partial charge in [-0.05, 0) is 43.9 Å². The van der Waals surface area contributed by atoms with E-state index in [0.717, 1.165) is 11.1 Å². The second-order valence-electron chi connectivity index (χ2n) is 4.61. The number of hydrogen-bond acceptors (Lipinski definition) is 1. The molecular formula is C14H20ClN. The van der Waals surface area contributed by atoms with Gasteiger partial charge in [-0.3, -0.25) is 0 Å². The molecule has 0 spiro atoms. The average Bonchev–Trinajstić information content (AvgIpc) is 2.30. The van der Waals surface area contributed by atoms with Crippen molar-refractivity contribution >= 4 is 17.3 Å². The van der Waals surface area contributed by atoms with Gasteiger partial charge in [0, 0.05) is 23.3 Å². The third-order valence-corrected chi connectivity index (χ3v) is 3.62. The van der Waals surface area contributed by atoms with E-state index < -0.39 is 0 Å². The van der Waals surface area contributed by atoms with Crippen molar-refractivity contribution in [3.63, 3.8) is 0 Å². The molecule has 1 atom stereocenters. The summed E-state index contributed by atoms with van der Waals surface area (Å²) >= 11 is 6.06. The molecule has 1 fully saturated rings. The summed E-state index contributed by atoms with van der Waals surface area (Å²) in [6.45, 7) is 3.45. The van der Waals surface area contributed by atoms with Crippen molar-refractivity contribution in [3.05, 3.63) is 29.3 Å². The minimum atomic E-state index is 0.720. The highest BCUT2D eigenvalue weighted by Gasteiger charge is 2.21. The summed E-state index contributed by atoms with van der Waals surface area (Å²) in [5, 5.41) is 0.846. The van der Waals surface area contributed by atoms with Crippen molar-refractivity contribution in [2.75, 3.05) is 11.4 Å². The van der Waals surface area contributed by atoms with Crippen LogP contribution < -0.4 is 4.90 Å². The first-order valence-corrected chi connectivity index (χ1v) is 6.71. The lowest BCUT2D eigenvalue weighted by molar-refractivity contribution is 0.435. The van der Waals surface area contributed by atoms with Crippen LogP contribution in [-0.4, -0.2) is 12.6 Å². The Hall–Kier alpha value is -0.690. The third-order valence-electron chi connectivity index (χ3n) is 3.39. The number of hydrogen-bond donors (Lipinski definition) is 0. The van der Waals surface area contributed by atoms with Crippen molar-refractivity contribution in [2.45, 2.75) is 45.1 Å². The van der Waals surface area contributed by atoms with Gasteiger partial charge in [0.15, 0.2) is 0 Å². The average molecular weight is 238 g/mol. The molecule has 1 nitrogen and oxygen atoms in total. The SMILES string of the molecule is CCC[C@@H]1CCCCN1c1cccc(Cl)c1. The van der Waals surface area contributed by atoms with Gasteiger partial charge in [-0.1, -0.05) is 31.0 Å². The maximum absolute atomic E-state index is 6.06. The molecule has 0 N–H and O–H groups in total. The Bertz CT molecular complexity index is 335. The van der Waals surface area contributed by atoms with Gasteiger partial charge in [0.1, 0.15) is 0 Å². The van der Waals surface area contributed by atoms with E-state index >= 15 is 0 Å². The van der Waals surface area contributed by atoms with Gasteiger partial charge in [0.05, 0.1) is 0 Å². The summed E-state index contributed by atoms with van der Waals surface area (Å²) in [6.07, 6.45) is 6.59. The Morgan fingerprint density at radius 1 is 1.38 bits per heavy atom. The van der Waals surface area contributed by atoms with E-state index in [-0.39, 0.29) is 0 Å². The predicted octanol–water partition coefficient (Wildman–Crippen LogP) is 4.50. The molecule has 1 aliphatic rings. The number of anilines is 1. The van der Waals surface area contributed by atoms with Gasteiger partial charge in [0.2, 0.25) is 0 Å². The number of halogens is 1. The molecule has 1 saturated heterocycles. The van der Waals surface area contributed by atoms with E-state index in [1.54, 1.807) is 0 Å². The van der Waals surface area contributed by atoms with Crippen molar-refractivity contribution in [1.82, 2.24) is 0 Å². The van der Waals surface area contributed by atoms with Gasteiger partial charge in [-0.15, -0.1) is 0 Å². The zero-order valence-electron chi connectivity index (χ0n) is 9.95. The highest BCUT2D eigenvalue weighted by atomic mass is 35.5. The summed E-state index contributed by atoms with van der Waals surface area (Å²) in [6, 6.07) is 8.99. The highest BCUT2D eigenvalue weighted by Crippen LogP contribution is 2.28. The minimum Gasteiger partial charge on any atom is -0.369 e. The van der Waals surface area contributed by atoms with Crippen LogP contribution in [-0.2, 0) is 0 Å². The normalized spacial score (nSPS) is 21.1. The Labute approximate surface area is 103 Å². The molecule has 2 heteroatoms. The maximum atomic E-state index is 6.06. The molecule has 88 valence electrons. The van der Waals surface area contributed by atoms with Gasteiger partial charge in [-0.25, -0.2) is 0 Å². The summed E-state index contributed by atoms with van der Waals surface area (Å²) < 4.78 is 0. The largest absolute Gasteiger partial charge is 0.369 e. The quantitative estimate of drug-likeness (QED) is 0.748. The Morgan fingerprint density at radius 2 is 2.25 bits per heavy atom. The monoisotopic (exact) mass is 237 g/mol. The predicted molar refractivity (Wildman–Crippen MR) is 71.3 cm³/mol. The molecule has 1 aromatic carbocycles. The molecule has 1 aromatic rings. The molecule has 1 aliphatic heterocycles. The van der Waals surface area contributed by atoms with Gasteiger partial charge < -0.3 is 4.90 Å². The molecule has 0 aromatic heterocycles. The molecule has 0 aliphatic carbocycles. The molecule has 0 bridgehead atoms. The van der Waals surface area contributed by atoms with Crippen LogP contribution in [0.5, 0.6) is 0 Å². The first-order valence-electron chi connectivity index (χ1n) is 6.33. The number of benzene rings is 1. The van der Waals surface area contributed by atoms with Crippen molar-refractivity contribution in [1.29, 1.82) is 0 Å². The van der Waals surface area contributed by atoms with Crippen LogP contribution in [0.25, 0.3) is 0 Å². The van der Waals surface area contributed by atoms with E-state index in [9.17, 15) is 0 Å². The molecule has 16 heavy (non-hydrogen) atoms. The molecular weight excluding hydrogens is 218 g/mol. The Balaban J connectivity index is 2.16. The molecule has 0 unspecified atom stereocenters. The van der Waals surface area contributed by atoms with E-state index in [2.05, 4.69) is 30.0 Å². The molecule has 1 heterocycles. The highest BCUT2D eigenvalue weighted by molar-refractivity contribution is 6.30. The first-order chi connectivity index (χ1) is 7.81. The number of piperidine rings is 1. The second-order valence-corrected chi connectivity index (χ2v) is 5.05. The molecule has 0 amide bonds. The van der Waals surface area contributed by atoms with Crippen molar-refractivity contribution in [3.8, 4) is 0 Å². The fourth-order valence-corrected chi connectivity index (χ4v) is 2.81. The summed E-state index contributed by atoms with van der Waals surface area (Å²) in [4.78, 5) is 2.54. The van der Waals surface area contributed by atoms with Crippen LogP contribution in [0, 0.1) is 0 Å². The van der Waals surface area contributed by atoms with E-state index in [0.29, 0.717) is 0 Å². The van der Waals surface area contributed by atoms with Crippen LogP contribution in [0.4, 0.5) is 5.69 Å². The fraction of sp³-hybridized carbons (Fsp3) is 0.571.